The van der Waals surface area contributed by atoms with Crippen molar-refractivity contribution in [3.8, 4) is 5.75 Å². The van der Waals surface area contributed by atoms with Crippen LogP contribution in [0.4, 0.5) is 0 Å². The molecule has 2 atom stereocenters. The first-order valence-electron chi connectivity index (χ1n) is 5.73. The molecule has 0 saturated carbocycles. The summed E-state index contributed by atoms with van der Waals surface area (Å²) in [5, 5.41) is 3.38. The molecule has 1 N–H and O–H groups in total. The molecule has 2 rings (SSSR count). The fourth-order valence-corrected chi connectivity index (χ4v) is 1.93. The Hall–Kier alpha value is -1.06. The summed E-state index contributed by atoms with van der Waals surface area (Å²) in [5.74, 6) is 1.38. The first-order valence-corrected chi connectivity index (χ1v) is 5.73. The molecule has 0 bridgehead atoms. The SMILES string of the molecule is COc1cccc(C2CNC(C(C)C)O2)c1. The predicted molar refractivity (Wildman–Crippen MR) is 63.4 cm³/mol. The van der Waals surface area contributed by atoms with Crippen LogP contribution in [-0.2, 0) is 4.74 Å². The summed E-state index contributed by atoms with van der Waals surface area (Å²) in [6, 6.07) is 8.07. The van der Waals surface area contributed by atoms with E-state index in [-0.39, 0.29) is 12.3 Å². The van der Waals surface area contributed by atoms with Crippen LogP contribution in [0.3, 0.4) is 0 Å². The van der Waals surface area contributed by atoms with Gasteiger partial charge >= 0.3 is 0 Å². The lowest BCUT2D eigenvalue weighted by atomic mass is 10.1. The van der Waals surface area contributed by atoms with Crippen LogP contribution in [0.2, 0.25) is 0 Å². The Morgan fingerprint density at radius 1 is 1.44 bits per heavy atom. The smallest absolute Gasteiger partial charge is 0.119 e. The van der Waals surface area contributed by atoms with Gasteiger partial charge in [-0.15, -0.1) is 0 Å². The highest BCUT2D eigenvalue weighted by atomic mass is 16.5. The number of rotatable bonds is 3. The number of hydrogen-bond acceptors (Lipinski definition) is 3. The lowest BCUT2D eigenvalue weighted by molar-refractivity contribution is 0.0135. The number of ether oxygens (including phenoxy) is 2. The Kier molecular flexibility index (Phi) is 3.46. The number of nitrogens with one attached hydrogen (secondary N) is 1. The molecule has 0 spiro atoms. The average molecular weight is 221 g/mol. The maximum atomic E-state index is 5.94. The van der Waals surface area contributed by atoms with Crippen LogP contribution < -0.4 is 10.1 Å². The molecular weight excluding hydrogens is 202 g/mol. The van der Waals surface area contributed by atoms with Crippen molar-refractivity contribution in [2.75, 3.05) is 13.7 Å². The molecule has 2 unspecified atom stereocenters. The van der Waals surface area contributed by atoms with E-state index >= 15 is 0 Å². The molecule has 16 heavy (non-hydrogen) atoms. The second-order valence-electron chi connectivity index (χ2n) is 4.47. The van der Waals surface area contributed by atoms with E-state index in [2.05, 4.69) is 25.2 Å². The van der Waals surface area contributed by atoms with E-state index in [4.69, 9.17) is 9.47 Å². The zero-order valence-electron chi connectivity index (χ0n) is 10.1. The molecule has 0 amide bonds. The maximum Gasteiger partial charge on any atom is 0.119 e. The summed E-state index contributed by atoms with van der Waals surface area (Å²) in [4.78, 5) is 0. The molecule has 1 saturated heterocycles. The second-order valence-corrected chi connectivity index (χ2v) is 4.47. The molecular formula is C13H19NO2. The van der Waals surface area contributed by atoms with Gasteiger partial charge in [0.1, 0.15) is 12.0 Å². The number of hydrogen-bond donors (Lipinski definition) is 1. The topological polar surface area (TPSA) is 30.5 Å². The highest BCUT2D eigenvalue weighted by Gasteiger charge is 2.27. The number of methoxy groups -OCH3 is 1. The van der Waals surface area contributed by atoms with Crippen molar-refractivity contribution in [2.45, 2.75) is 26.2 Å². The lowest BCUT2D eigenvalue weighted by Gasteiger charge is -2.16. The summed E-state index contributed by atoms with van der Waals surface area (Å²) in [5.41, 5.74) is 1.18. The van der Waals surface area contributed by atoms with E-state index < -0.39 is 0 Å². The highest BCUT2D eigenvalue weighted by molar-refractivity contribution is 5.30. The van der Waals surface area contributed by atoms with Gasteiger partial charge in [-0.1, -0.05) is 26.0 Å². The molecule has 1 aromatic rings. The van der Waals surface area contributed by atoms with Crippen LogP contribution in [0, 0.1) is 5.92 Å². The first kappa shape index (κ1) is 11.4. The summed E-state index contributed by atoms with van der Waals surface area (Å²) >= 11 is 0. The van der Waals surface area contributed by atoms with Gasteiger partial charge < -0.3 is 9.47 Å². The fraction of sp³-hybridized carbons (Fsp3) is 0.538. The van der Waals surface area contributed by atoms with Crippen LogP contribution in [0.15, 0.2) is 24.3 Å². The maximum absolute atomic E-state index is 5.94. The monoisotopic (exact) mass is 221 g/mol. The van der Waals surface area contributed by atoms with Crippen LogP contribution in [0.25, 0.3) is 0 Å². The van der Waals surface area contributed by atoms with E-state index in [9.17, 15) is 0 Å². The van der Waals surface area contributed by atoms with Crippen molar-refractivity contribution < 1.29 is 9.47 Å². The average Bonchev–Trinajstić information content (AvgIpc) is 2.78. The van der Waals surface area contributed by atoms with Crippen LogP contribution in [0.5, 0.6) is 5.75 Å². The normalized spacial score (nSPS) is 25.0. The number of benzene rings is 1. The van der Waals surface area contributed by atoms with Crippen molar-refractivity contribution in [3.63, 3.8) is 0 Å². The van der Waals surface area contributed by atoms with Gasteiger partial charge in [-0.2, -0.15) is 0 Å². The first-order chi connectivity index (χ1) is 7.70. The fourth-order valence-electron chi connectivity index (χ4n) is 1.93. The molecule has 1 aliphatic rings. The molecule has 0 radical (unpaired) electrons. The van der Waals surface area contributed by atoms with Gasteiger partial charge in [0.05, 0.1) is 13.2 Å². The van der Waals surface area contributed by atoms with Gasteiger partial charge in [0.25, 0.3) is 0 Å². The minimum absolute atomic E-state index is 0.141. The van der Waals surface area contributed by atoms with Crippen molar-refractivity contribution in [3.05, 3.63) is 29.8 Å². The Morgan fingerprint density at radius 3 is 2.88 bits per heavy atom. The zero-order valence-corrected chi connectivity index (χ0v) is 10.1. The zero-order chi connectivity index (χ0) is 11.5. The minimum atomic E-state index is 0.141. The van der Waals surface area contributed by atoms with Gasteiger partial charge in [0.15, 0.2) is 0 Å². The van der Waals surface area contributed by atoms with Crippen molar-refractivity contribution in [2.24, 2.45) is 5.92 Å². The Morgan fingerprint density at radius 2 is 2.25 bits per heavy atom. The third kappa shape index (κ3) is 2.36. The molecule has 3 nitrogen and oxygen atoms in total. The van der Waals surface area contributed by atoms with E-state index in [0.29, 0.717) is 5.92 Å². The molecule has 88 valence electrons. The summed E-state index contributed by atoms with van der Waals surface area (Å²) in [6.45, 7) is 5.19. The highest BCUT2D eigenvalue weighted by Crippen LogP contribution is 2.27. The van der Waals surface area contributed by atoms with Gasteiger partial charge in [0, 0.05) is 6.54 Å². The Balaban J connectivity index is 2.08. The van der Waals surface area contributed by atoms with Gasteiger partial charge in [-0.05, 0) is 23.6 Å². The van der Waals surface area contributed by atoms with E-state index in [1.165, 1.54) is 5.56 Å². The van der Waals surface area contributed by atoms with Crippen LogP contribution in [0.1, 0.15) is 25.5 Å². The van der Waals surface area contributed by atoms with Gasteiger partial charge in [0.2, 0.25) is 0 Å². The van der Waals surface area contributed by atoms with Gasteiger partial charge in [-0.3, -0.25) is 5.32 Å². The van der Waals surface area contributed by atoms with E-state index in [1.54, 1.807) is 7.11 Å². The van der Waals surface area contributed by atoms with Crippen molar-refractivity contribution in [1.29, 1.82) is 0 Å². The molecule has 0 aliphatic carbocycles. The van der Waals surface area contributed by atoms with Gasteiger partial charge in [-0.25, -0.2) is 0 Å². The summed E-state index contributed by atoms with van der Waals surface area (Å²) in [7, 11) is 1.68. The predicted octanol–water partition coefficient (Wildman–Crippen LogP) is 2.34. The molecule has 1 heterocycles. The largest absolute Gasteiger partial charge is 0.497 e. The lowest BCUT2D eigenvalue weighted by Crippen LogP contribution is -2.27. The summed E-state index contributed by atoms with van der Waals surface area (Å²) in [6.07, 6.45) is 0.304. The second kappa shape index (κ2) is 4.85. The molecule has 1 aromatic carbocycles. The van der Waals surface area contributed by atoms with E-state index in [0.717, 1.165) is 12.3 Å². The standard InChI is InChI=1S/C13H19NO2/c1-9(2)13-14-8-12(16-13)10-5-4-6-11(7-10)15-3/h4-7,9,12-14H,8H2,1-3H3. The summed E-state index contributed by atoms with van der Waals surface area (Å²) < 4.78 is 11.2. The Bertz CT molecular complexity index is 352. The molecule has 1 aliphatic heterocycles. The molecule has 3 heteroatoms. The quantitative estimate of drug-likeness (QED) is 0.849. The van der Waals surface area contributed by atoms with Crippen LogP contribution in [-0.4, -0.2) is 19.9 Å². The third-order valence-electron chi connectivity index (χ3n) is 2.89. The molecule has 0 aromatic heterocycles. The Labute approximate surface area is 96.8 Å². The third-order valence-corrected chi connectivity index (χ3v) is 2.89. The molecule has 1 fully saturated rings. The van der Waals surface area contributed by atoms with Crippen molar-refractivity contribution >= 4 is 0 Å². The van der Waals surface area contributed by atoms with Crippen molar-refractivity contribution in [1.82, 2.24) is 5.32 Å². The van der Waals surface area contributed by atoms with E-state index in [1.807, 2.05) is 18.2 Å². The minimum Gasteiger partial charge on any atom is -0.497 e. The van der Waals surface area contributed by atoms with Crippen LogP contribution >= 0.6 is 0 Å².